The van der Waals surface area contributed by atoms with E-state index in [4.69, 9.17) is 14.2 Å². The summed E-state index contributed by atoms with van der Waals surface area (Å²) >= 11 is 1.36. The molecule has 0 radical (unpaired) electrons. The van der Waals surface area contributed by atoms with Crippen molar-refractivity contribution in [3.63, 3.8) is 0 Å². The molecule has 1 amide bonds. The largest absolute Gasteiger partial charge is 0.485 e. The quantitative estimate of drug-likeness (QED) is 0.586. The molecule has 0 N–H and O–H groups in total. The molecule has 156 valence electrons. The predicted octanol–water partition coefficient (Wildman–Crippen LogP) is 3.10. The number of rotatable bonds is 5. The number of carbonyl (C=O) groups excluding carboxylic acids is 2. The Balaban J connectivity index is 1.70. The van der Waals surface area contributed by atoms with E-state index in [9.17, 15) is 9.59 Å². The van der Waals surface area contributed by atoms with Crippen LogP contribution in [0, 0.1) is 0 Å². The Labute approximate surface area is 177 Å². The fourth-order valence-corrected chi connectivity index (χ4v) is 4.32. The molecular weight excluding hydrogens is 404 g/mol. The first-order valence-corrected chi connectivity index (χ1v) is 10.7. The summed E-state index contributed by atoms with van der Waals surface area (Å²) in [5.74, 6) is 0.287. The fourth-order valence-electron chi connectivity index (χ4n) is 3.22. The fraction of sp³-hybridized carbons (Fsp3) is 0.318. The molecular formula is C22H22N2O5S. The van der Waals surface area contributed by atoms with Gasteiger partial charge in [-0.3, -0.25) is 9.59 Å². The van der Waals surface area contributed by atoms with Crippen LogP contribution in [0.3, 0.4) is 0 Å². The number of aromatic nitrogens is 1. The number of ether oxygens (including phenoxy) is 3. The molecule has 1 aliphatic rings. The van der Waals surface area contributed by atoms with E-state index in [1.807, 2.05) is 24.3 Å². The molecule has 1 aromatic heterocycles. The van der Waals surface area contributed by atoms with Crippen LogP contribution in [0.4, 0.5) is 0 Å². The van der Waals surface area contributed by atoms with Crippen molar-refractivity contribution < 1.29 is 23.8 Å². The van der Waals surface area contributed by atoms with E-state index in [0.29, 0.717) is 22.9 Å². The Morgan fingerprint density at radius 1 is 1.20 bits per heavy atom. The maximum atomic E-state index is 12.8. The summed E-state index contributed by atoms with van der Waals surface area (Å²) in [6, 6.07) is 13.2. The Bertz CT molecular complexity index is 1160. The number of esters is 1. The second-order valence-corrected chi connectivity index (χ2v) is 7.75. The van der Waals surface area contributed by atoms with Crippen LogP contribution in [0.25, 0.3) is 10.2 Å². The van der Waals surface area contributed by atoms with E-state index < -0.39 is 12.0 Å². The lowest BCUT2D eigenvalue weighted by Crippen LogP contribution is -2.37. The number of thiazole rings is 1. The molecule has 1 unspecified atom stereocenters. The van der Waals surface area contributed by atoms with Gasteiger partial charge in [-0.1, -0.05) is 36.5 Å². The molecule has 3 aromatic rings. The van der Waals surface area contributed by atoms with E-state index in [-0.39, 0.29) is 19.1 Å². The highest BCUT2D eigenvalue weighted by Crippen LogP contribution is 2.31. The van der Waals surface area contributed by atoms with Gasteiger partial charge in [0.2, 0.25) is 6.10 Å². The lowest BCUT2D eigenvalue weighted by Gasteiger charge is -2.23. The van der Waals surface area contributed by atoms with Gasteiger partial charge in [-0.05, 0) is 43.2 Å². The van der Waals surface area contributed by atoms with Crippen LogP contribution in [0.15, 0.2) is 47.5 Å². The first-order chi connectivity index (χ1) is 14.6. The predicted molar refractivity (Wildman–Crippen MR) is 113 cm³/mol. The van der Waals surface area contributed by atoms with Gasteiger partial charge in [0.25, 0.3) is 5.91 Å². The van der Waals surface area contributed by atoms with E-state index in [2.05, 4.69) is 18.0 Å². The minimum absolute atomic E-state index is 0.0176. The number of benzene rings is 2. The smallest absolute Gasteiger partial charge is 0.326 e. The van der Waals surface area contributed by atoms with Crippen LogP contribution in [-0.4, -0.2) is 35.8 Å². The highest BCUT2D eigenvalue weighted by molar-refractivity contribution is 7.16. The van der Waals surface area contributed by atoms with Crippen molar-refractivity contribution in [1.82, 2.24) is 4.57 Å². The van der Waals surface area contributed by atoms with Crippen molar-refractivity contribution in [2.75, 3.05) is 13.2 Å². The van der Waals surface area contributed by atoms with Crippen LogP contribution < -0.4 is 14.3 Å². The molecule has 0 saturated heterocycles. The Hall–Kier alpha value is -3.13. The summed E-state index contributed by atoms with van der Waals surface area (Å²) in [5, 5.41) is 0. The first-order valence-electron chi connectivity index (χ1n) is 9.84. The van der Waals surface area contributed by atoms with Crippen molar-refractivity contribution in [3.05, 3.63) is 52.8 Å². The number of nitrogens with zero attached hydrogens (tertiary/aromatic N) is 2. The van der Waals surface area contributed by atoms with Gasteiger partial charge < -0.3 is 18.8 Å². The summed E-state index contributed by atoms with van der Waals surface area (Å²) < 4.78 is 19.2. The molecule has 4 rings (SSSR count). The molecule has 2 heterocycles. The molecule has 0 aliphatic carbocycles. The monoisotopic (exact) mass is 426 g/mol. The van der Waals surface area contributed by atoms with Gasteiger partial charge in [0.15, 0.2) is 16.3 Å². The normalized spacial score (nSPS) is 15.9. The third-order valence-electron chi connectivity index (χ3n) is 4.74. The third-order valence-corrected chi connectivity index (χ3v) is 5.78. The van der Waals surface area contributed by atoms with Gasteiger partial charge in [-0.25, -0.2) is 0 Å². The molecule has 8 heteroatoms. The summed E-state index contributed by atoms with van der Waals surface area (Å²) in [5.41, 5.74) is 2.01. The number of carbonyl (C=O) groups is 2. The zero-order valence-electron chi connectivity index (χ0n) is 16.8. The van der Waals surface area contributed by atoms with Crippen LogP contribution >= 0.6 is 11.3 Å². The maximum absolute atomic E-state index is 12.8. The molecule has 0 bridgehead atoms. The number of fused-ring (bicyclic) bond motifs is 2. The average Bonchev–Trinajstić information content (AvgIpc) is 3.09. The van der Waals surface area contributed by atoms with Gasteiger partial charge in [0.1, 0.15) is 13.2 Å². The molecule has 2 aromatic carbocycles. The van der Waals surface area contributed by atoms with Gasteiger partial charge in [0, 0.05) is 0 Å². The number of amides is 1. The SMILES string of the molecule is CCOC(=O)Cn1c(=NC(=O)C2COc3ccccc3O2)sc2cc(CC)ccc21. The number of hydrogen-bond acceptors (Lipinski definition) is 6. The van der Waals surface area contributed by atoms with E-state index >= 15 is 0 Å². The second kappa shape index (κ2) is 8.71. The minimum Gasteiger partial charge on any atom is -0.485 e. The minimum atomic E-state index is -0.840. The third kappa shape index (κ3) is 4.09. The molecule has 0 spiro atoms. The molecule has 0 fully saturated rings. The summed E-state index contributed by atoms with van der Waals surface area (Å²) in [7, 11) is 0. The van der Waals surface area contributed by atoms with Crippen molar-refractivity contribution in [2.24, 2.45) is 4.99 Å². The van der Waals surface area contributed by atoms with Gasteiger partial charge in [0.05, 0.1) is 16.8 Å². The van der Waals surface area contributed by atoms with Gasteiger partial charge in [-0.15, -0.1) is 0 Å². The average molecular weight is 426 g/mol. The Kier molecular flexibility index (Phi) is 5.85. The van der Waals surface area contributed by atoms with Crippen molar-refractivity contribution in [1.29, 1.82) is 0 Å². The lowest BCUT2D eigenvalue weighted by atomic mass is 10.2. The summed E-state index contributed by atoms with van der Waals surface area (Å²) in [4.78, 5) is 29.7. The summed E-state index contributed by atoms with van der Waals surface area (Å²) in [6.45, 7) is 4.20. The molecule has 0 saturated carbocycles. The van der Waals surface area contributed by atoms with Crippen LogP contribution in [-0.2, 0) is 27.3 Å². The highest BCUT2D eigenvalue weighted by Gasteiger charge is 2.27. The van der Waals surface area contributed by atoms with E-state index in [0.717, 1.165) is 16.6 Å². The molecule has 30 heavy (non-hydrogen) atoms. The van der Waals surface area contributed by atoms with Crippen molar-refractivity contribution in [2.45, 2.75) is 32.9 Å². The number of para-hydroxylation sites is 2. The van der Waals surface area contributed by atoms with E-state index in [1.165, 1.54) is 16.9 Å². The van der Waals surface area contributed by atoms with Gasteiger partial charge >= 0.3 is 5.97 Å². The van der Waals surface area contributed by atoms with E-state index in [1.54, 1.807) is 23.6 Å². The van der Waals surface area contributed by atoms with Crippen LogP contribution in [0.2, 0.25) is 0 Å². The van der Waals surface area contributed by atoms with Crippen LogP contribution in [0.1, 0.15) is 19.4 Å². The number of hydrogen-bond donors (Lipinski definition) is 0. The standard InChI is InChI=1S/C22H22N2O5S/c1-3-14-9-10-15-19(11-14)30-22(24(15)12-20(25)27-4-2)23-21(26)18-13-28-16-7-5-6-8-17(16)29-18/h5-11,18H,3-4,12-13H2,1-2H3. The maximum Gasteiger partial charge on any atom is 0.326 e. The Morgan fingerprint density at radius 2 is 2.00 bits per heavy atom. The lowest BCUT2D eigenvalue weighted by molar-refractivity contribution is -0.143. The first kappa shape index (κ1) is 20.2. The molecule has 1 aliphatic heterocycles. The van der Waals surface area contributed by atoms with Crippen molar-refractivity contribution >= 4 is 33.4 Å². The van der Waals surface area contributed by atoms with Crippen molar-refractivity contribution in [3.8, 4) is 11.5 Å². The number of aryl methyl sites for hydroxylation is 1. The topological polar surface area (TPSA) is 79.1 Å². The molecule has 1 atom stereocenters. The molecule has 7 nitrogen and oxygen atoms in total. The van der Waals surface area contributed by atoms with Crippen LogP contribution in [0.5, 0.6) is 11.5 Å². The van der Waals surface area contributed by atoms with Gasteiger partial charge in [-0.2, -0.15) is 4.99 Å². The zero-order valence-corrected chi connectivity index (χ0v) is 17.6. The summed E-state index contributed by atoms with van der Waals surface area (Å²) in [6.07, 6.45) is 0.0522. The Morgan fingerprint density at radius 3 is 2.77 bits per heavy atom. The second-order valence-electron chi connectivity index (χ2n) is 6.75. The highest BCUT2D eigenvalue weighted by atomic mass is 32.1. The zero-order chi connectivity index (χ0) is 21.1.